The van der Waals surface area contributed by atoms with E-state index in [0.717, 1.165) is 32.1 Å². The van der Waals surface area contributed by atoms with E-state index in [9.17, 15) is 25.2 Å². The second-order valence-corrected chi connectivity index (χ2v) is 17.6. The zero-order chi connectivity index (χ0) is 42.9. The lowest BCUT2D eigenvalue weighted by atomic mass is 9.99. The zero-order valence-electron chi connectivity index (χ0n) is 38.5. The molecule has 0 aromatic rings. The van der Waals surface area contributed by atoms with Crippen molar-refractivity contribution in [1.29, 1.82) is 0 Å². The van der Waals surface area contributed by atoms with Gasteiger partial charge >= 0.3 is 5.97 Å². The molecule has 0 amide bonds. The molecule has 1 aliphatic rings. The Morgan fingerprint density at radius 1 is 0.525 bits per heavy atom. The van der Waals surface area contributed by atoms with Gasteiger partial charge in [0, 0.05) is 13.0 Å². The van der Waals surface area contributed by atoms with E-state index >= 15 is 0 Å². The molecule has 6 unspecified atom stereocenters. The Kier molecular flexibility index (Phi) is 40.1. The van der Waals surface area contributed by atoms with Gasteiger partial charge in [-0.1, -0.05) is 206 Å². The van der Waals surface area contributed by atoms with E-state index in [-0.39, 0.29) is 19.2 Å². The van der Waals surface area contributed by atoms with Crippen LogP contribution in [0.1, 0.15) is 239 Å². The number of esters is 1. The number of rotatable bonds is 44. The van der Waals surface area contributed by atoms with Gasteiger partial charge in [0.05, 0.1) is 19.8 Å². The summed E-state index contributed by atoms with van der Waals surface area (Å²) in [6.07, 6.45) is 41.0. The summed E-state index contributed by atoms with van der Waals surface area (Å²) in [5, 5.41) is 40.2. The van der Waals surface area contributed by atoms with Gasteiger partial charge in [-0.05, 0) is 38.5 Å². The molecule has 0 aromatic carbocycles. The summed E-state index contributed by atoms with van der Waals surface area (Å²) in [4.78, 5) is 12.8. The molecule has 0 aliphatic carbocycles. The molecule has 1 saturated heterocycles. The summed E-state index contributed by atoms with van der Waals surface area (Å²) in [5.74, 6) is -0.309. The molecule has 0 radical (unpaired) electrons. The molecule has 4 N–H and O–H groups in total. The maximum Gasteiger partial charge on any atom is 0.306 e. The summed E-state index contributed by atoms with van der Waals surface area (Å²) < 4.78 is 22.9. The van der Waals surface area contributed by atoms with E-state index in [1.165, 1.54) is 186 Å². The summed E-state index contributed by atoms with van der Waals surface area (Å²) in [7, 11) is 0. The number of aliphatic hydroxyl groups is 4. The molecule has 1 rings (SSSR count). The van der Waals surface area contributed by atoms with Gasteiger partial charge in [0.15, 0.2) is 6.29 Å². The molecule has 350 valence electrons. The highest BCUT2D eigenvalue weighted by atomic mass is 16.7. The molecule has 1 heterocycles. The maximum absolute atomic E-state index is 12.8. The van der Waals surface area contributed by atoms with Gasteiger partial charge in [-0.2, -0.15) is 0 Å². The van der Waals surface area contributed by atoms with E-state index in [2.05, 4.69) is 26.0 Å². The first-order chi connectivity index (χ1) is 28.9. The van der Waals surface area contributed by atoms with Crippen LogP contribution in [0.4, 0.5) is 0 Å². The van der Waals surface area contributed by atoms with E-state index in [4.69, 9.17) is 18.9 Å². The fraction of sp³-hybridized carbons (Fsp3) is 0.940. The third kappa shape index (κ3) is 33.2. The van der Waals surface area contributed by atoms with Crippen LogP contribution in [0.15, 0.2) is 12.2 Å². The number of carbonyl (C=O) groups is 1. The van der Waals surface area contributed by atoms with Crippen LogP contribution in [0.3, 0.4) is 0 Å². The molecule has 1 aliphatic heterocycles. The van der Waals surface area contributed by atoms with Gasteiger partial charge in [0.25, 0.3) is 0 Å². The molecule has 1 fully saturated rings. The maximum atomic E-state index is 12.8. The van der Waals surface area contributed by atoms with Crippen LogP contribution in [0.5, 0.6) is 0 Å². The van der Waals surface area contributed by atoms with Crippen LogP contribution in [0.2, 0.25) is 0 Å². The van der Waals surface area contributed by atoms with Crippen LogP contribution >= 0.6 is 0 Å². The number of hydrogen-bond donors (Lipinski definition) is 4. The SMILES string of the molecule is CCCCCCCC/C=C\CCCCCCCCCCOCC(COC1OC(CO)C(O)C(O)C1O)OC(=O)CCCCCCCCCCCCCCCCCCCC. The number of aliphatic hydroxyl groups excluding tert-OH is 4. The van der Waals surface area contributed by atoms with Crippen molar-refractivity contribution in [2.24, 2.45) is 0 Å². The average molecular weight is 841 g/mol. The molecule has 6 atom stereocenters. The lowest BCUT2D eigenvalue weighted by molar-refractivity contribution is -0.305. The number of unbranched alkanes of at least 4 members (excludes halogenated alkanes) is 31. The Balaban J connectivity index is 2.20. The van der Waals surface area contributed by atoms with Crippen LogP contribution < -0.4 is 0 Å². The van der Waals surface area contributed by atoms with Crippen molar-refractivity contribution in [2.75, 3.05) is 26.4 Å². The molecule has 0 bridgehead atoms. The smallest absolute Gasteiger partial charge is 0.306 e. The Hall–Kier alpha value is -1.07. The standard InChI is InChI=1S/C50H96O9/c1-3-5-7-9-11-13-15-17-19-21-23-25-27-29-31-33-35-37-39-46(52)58-44(43-57-50-49(55)48(54)47(53)45(41-51)59-50)42-56-40-38-36-34-32-30-28-26-24-22-20-18-16-14-12-10-8-6-4-2/h18,20,44-45,47-51,53-55H,3-17,19,21-43H2,1-2H3/b20-18-. The lowest BCUT2D eigenvalue weighted by Crippen LogP contribution is -2.59. The molecule has 0 aromatic heterocycles. The summed E-state index contributed by atoms with van der Waals surface area (Å²) in [6, 6.07) is 0. The Labute approximate surface area is 363 Å². The van der Waals surface area contributed by atoms with Gasteiger partial charge < -0.3 is 39.4 Å². The second-order valence-electron chi connectivity index (χ2n) is 17.6. The fourth-order valence-corrected chi connectivity index (χ4v) is 7.96. The van der Waals surface area contributed by atoms with Crippen molar-refractivity contribution >= 4 is 5.97 Å². The number of hydrogen-bond acceptors (Lipinski definition) is 9. The third-order valence-corrected chi connectivity index (χ3v) is 11.9. The zero-order valence-corrected chi connectivity index (χ0v) is 38.5. The van der Waals surface area contributed by atoms with Gasteiger partial charge in [0.2, 0.25) is 0 Å². The molecule has 9 heteroatoms. The first-order valence-electron chi connectivity index (χ1n) is 25.3. The first kappa shape index (κ1) is 55.9. The van der Waals surface area contributed by atoms with Crippen LogP contribution in [-0.2, 0) is 23.7 Å². The minimum atomic E-state index is -1.53. The monoisotopic (exact) mass is 841 g/mol. The minimum Gasteiger partial charge on any atom is -0.457 e. The number of carbonyl (C=O) groups excluding carboxylic acids is 1. The van der Waals surface area contributed by atoms with Crippen molar-refractivity contribution in [3.8, 4) is 0 Å². The highest BCUT2D eigenvalue weighted by molar-refractivity contribution is 5.69. The van der Waals surface area contributed by atoms with Gasteiger partial charge in [-0.15, -0.1) is 0 Å². The first-order valence-corrected chi connectivity index (χ1v) is 25.3. The summed E-state index contributed by atoms with van der Waals surface area (Å²) in [5.41, 5.74) is 0. The fourth-order valence-electron chi connectivity index (χ4n) is 7.96. The van der Waals surface area contributed by atoms with Crippen molar-refractivity contribution in [3.05, 3.63) is 12.2 Å². The highest BCUT2D eigenvalue weighted by Crippen LogP contribution is 2.23. The second kappa shape index (κ2) is 42.2. The predicted molar refractivity (Wildman–Crippen MR) is 243 cm³/mol. The number of ether oxygens (including phenoxy) is 4. The molecular weight excluding hydrogens is 745 g/mol. The quantitative estimate of drug-likeness (QED) is 0.0269. The molecule has 9 nitrogen and oxygen atoms in total. The van der Waals surface area contributed by atoms with Gasteiger partial charge in [-0.25, -0.2) is 0 Å². The third-order valence-electron chi connectivity index (χ3n) is 11.9. The minimum absolute atomic E-state index is 0.109. The average Bonchev–Trinajstić information content (AvgIpc) is 3.24. The number of allylic oxidation sites excluding steroid dienone is 2. The van der Waals surface area contributed by atoms with Crippen molar-refractivity contribution in [1.82, 2.24) is 0 Å². The van der Waals surface area contributed by atoms with Crippen molar-refractivity contribution in [2.45, 2.75) is 275 Å². The van der Waals surface area contributed by atoms with E-state index in [1.807, 2.05) is 0 Å². The van der Waals surface area contributed by atoms with Crippen LogP contribution in [0, 0.1) is 0 Å². The largest absolute Gasteiger partial charge is 0.457 e. The summed E-state index contributed by atoms with van der Waals surface area (Å²) >= 11 is 0. The Morgan fingerprint density at radius 2 is 0.932 bits per heavy atom. The van der Waals surface area contributed by atoms with E-state index in [1.54, 1.807) is 0 Å². The van der Waals surface area contributed by atoms with E-state index in [0.29, 0.717) is 13.0 Å². The molecule has 0 saturated carbocycles. The van der Waals surface area contributed by atoms with Crippen LogP contribution in [-0.4, -0.2) is 89.6 Å². The Bertz CT molecular complexity index is 915. The predicted octanol–water partition coefficient (Wildman–Crippen LogP) is 12.0. The van der Waals surface area contributed by atoms with Crippen molar-refractivity contribution in [3.63, 3.8) is 0 Å². The molecule has 0 spiro atoms. The van der Waals surface area contributed by atoms with Crippen LogP contribution in [0.25, 0.3) is 0 Å². The van der Waals surface area contributed by atoms with Gasteiger partial charge in [0.1, 0.15) is 30.5 Å². The molecular formula is C50H96O9. The topological polar surface area (TPSA) is 135 Å². The highest BCUT2D eigenvalue weighted by Gasteiger charge is 2.44. The van der Waals surface area contributed by atoms with Gasteiger partial charge in [-0.3, -0.25) is 4.79 Å². The van der Waals surface area contributed by atoms with E-state index < -0.39 is 43.4 Å². The lowest BCUT2D eigenvalue weighted by Gasteiger charge is -2.39. The molecule has 59 heavy (non-hydrogen) atoms. The summed E-state index contributed by atoms with van der Waals surface area (Å²) in [6.45, 7) is 4.60. The van der Waals surface area contributed by atoms with Crippen molar-refractivity contribution < 1.29 is 44.2 Å². The Morgan fingerprint density at radius 3 is 1.37 bits per heavy atom. The normalized spacial score (nSPS) is 20.1.